The molecule has 0 spiro atoms. The Morgan fingerprint density at radius 2 is 2.22 bits per heavy atom. The number of hydrogen-bond acceptors (Lipinski definition) is 6. The number of benzene rings is 1. The Hall–Kier alpha value is -2.32. The highest BCUT2D eigenvalue weighted by Gasteiger charge is 2.32. The van der Waals surface area contributed by atoms with Crippen molar-refractivity contribution in [3.05, 3.63) is 33.7 Å². The second-order valence-electron chi connectivity index (χ2n) is 3.86. The minimum atomic E-state index is -4.91. The Bertz CT molecular complexity index is 771. The lowest BCUT2D eigenvalue weighted by Gasteiger charge is -2.15. The van der Waals surface area contributed by atoms with Gasteiger partial charge in [0.05, 0.1) is 5.02 Å². The Balaban J connectivity index is 2.37. The van der Waals surface area contributed by atoms with Gasteiger partial charge in [-0.1, -0.05) is 27.5 Å². The number of anilines is 1. The molecular weight excluding hydrogens is 405 g/mol. The molecule has 0 bridgehead atoms. The summed E-state index contributed by atoms with van der Waals surface area (Å²) in [6.07, 6.45) is -3.82. The Morgan fingerprint density at radius 3 is 2.78 bits per heavy atom. The molecule has 0 atom stereocenters. The van der Waals surface area contributed by atoms with E-state index in [4.69, 9.17) is 16.9 Å². The summed E-state index contributed by atoms with van der Waals surface area (Å²) < 4.78 is 41.6. The van der Waals surface area contributed by atoms with Gasteiger partial charge in [-0.2, -0.15) is 10.5 Å². The van der Waals surface area contributed by atoms with E-state index in [1.807, 2.05) is 0 Å². The highest BCUT2D eigenvalue weighted by molar-refractivity contribution is 9.10. The van der Waals surface area contributed by atoms with Crippen LogP contribution in [-0.4, -0.2) is 27.0 Å². The van der Waals surface area contributed by atoms with Crippen LogP contribution < -0.4 is 10.1 Å². The van der Waals surface area contributed by atoms with Crippen LogP contribution in [0.4, 0.5) is 18.9 Å². The van der Waals surface area contributed by atoms with E-state index in [2.05, 4.69) is 46.6 Å². The highest BCUT2D eigenvalue weighted by atomic mass is 79.9. The Morgan fingerprint density at radius 1 is 1.48 bits per heavy atom. The van der Waals surface area contributed by atoms with Gasteiger partial charge in [-0.15, -0.1) is 23.4 Å². The molecule has 0 aliphatic heterocycles. The van der Waals surface area contributed by atoms with Gasteiger partial charge in [0.25, 0.3) is 0 Å². The second kappa shape index (κ2) is 6.84. The van der Waals surface area contributed by atoms with Crippen molar-refractivity contribution in [1.82, 2.24) is 20.6 Å². The number of nitriles is 1. The predicted molar refractivity (Wildman–Crippen MR) is 77.2 cm³/mol. The lowest BCUT2D eigenvalue weighted by molar-refractivity contribution is -0.274. The average molecular weight is 410 g/mol. The molecule has 12 heteroatoms. The van der Waals surface area contributed by atoms with E-state index in [1.54, 1.807) is 6.07 Å². The number of nitrogens with zero attached hydrogens (tertiary/aromatic N) is 4. The van der Waals surface area contributed by atoms with E-state index in [-0.39, 0.29) is 26.6 Å². The third-order valence-corrected chi connectivity index (χ3v) is 3.07. The van der Waals surface area contributed by atoms with Gasteiger partial charge in [-0.25, -0.2) is 0 Å². The van der Waals surface area contributed by atoms with Gasteiger partial charge in [0.15, 0.2) is 5.75 Å². The number of aromatic nitrogens is 4. The molecule has 7 nitrogen and oxygen atoms in total. The summed E-state index contributed by atoms with van der Waals surface area (Å²) in [7, 11) is 0. The van der Waals surface area contributed by atoms with E-state index in [1.165, 1.54) is 6.07 Å². The lowest BCUT2D eigenvalue weighted by atomic mass is 10.2. The SMILES string of the molecule is N#CC(=CNc1c(Cl)cc(Br)cc1OC(F)(F)F)c1nn[nH]n1. The number of H-pyrrole nitrogens is 1. The maximum absolute atomic E-state index is 12.5. The summed E-state index contributed by atoms with van der Waals surface area (Å²) in [6.45, 7) is 0. The fourth-order valence-corrected chi connectivity index (χ4v) is 2.30. The first kappa shape index (κ1) is 17.0. The third kappa shape index (κ3) is 4.57. The zero-order chi connectivity index (χ0) is 17.0. The van der Waals surface area contributed by atoms with Crippen LogP contribution >= 0.6 is 27.5 Å². The van der Waals surface area contributed by atoms with E-state index in [0.717, 1.165) is 12.3 Å². The third-order valence-electron chi connectivity index (χ3n) is 2.31. The van der Waals surface area contributed by atoms with Crippen LogP contribution in [0.5, 0.6) is 5.75 Å². The summed E-state index contributed by atoms with van der Waals surface area (Å²) in [6, 6.07) is 4.21. The van der Waals surface area contributed by atoms with Crippen LogP contribution in [0.3, 0.4) is 0 Å². The van der Waals surface area contributed by atoms with Gasteiger partial charge in [-0.3, -0.25) is 0 Å². The van der Waals surface area contributed by atoms with Gasteiger partial charge < -0.3 is 10.1 Å². The first-order valence-corrected chi connectivity index (χ1v) is 6.82. The van der Waals surface area contributed by atoms with Crippen molar-refractivity contribution in [2.24, 2.45) is 0 Å². The minimum absolute atomic E-state index is 0.0356. The fraction of sp³-hybridized carbons (Fsp3) is 0.0909. The van der Waals surface area contributed by atoms with Crippen molar-refractivity contribution in [3.8, 4) is 11.8 Å². The molecule has 0 amide bonds. The molecule has 0 saturated heterocycles. The van der Waals surface area contributed by atoms with E-state index in [0.29, 0.717) is 0 Å². The molecule has 0 aliphatic carbocycles. The zero-order valence-electron chi connectivity index (χ0n) is 10.8. The summed E-state index contributed by atoms with van der Waals surface area (Å²) in [5, 5.41) is 24.0. The lowest BCUT2D eigenvalue weighted by Crippen LogP contribution is -2.18. The molecule has 2 rings (SSSR count). The van der Waals surface area contributed by atoms with Crippen LogP contribution in [0, 0.1) is 11.3 Å². The summed E-state index contributed by atoms with van der Waals surface area (Å²) in [5.41, 5.74) is -0.251. The van der Waals surface area contributed by atoms with Crippen molar-refractivity contribution < 1.29 is 17.9 Å². The Kier molecular flexibility index (Phi) is 5.07. The largest absolute Gasteiger partial charge is 0.573 e. The molecule has 0 radical (unpaired) electrons. The van der Waals surface area contributed by atoms with E-state index in [9.17, 15) is 13.2 Å². The van der Waals surface area contributed by atoms with Crippen LogP contribution in [0.2, 0.25) is 5.02 Å². The van der Waals surface area contributed by atoms with Gasteiger partial charge >= 0.3 is 6.36 Å². The van der Waals surface area contributed by atoms with Gasteiger partial charge in [0, 0.05) is 10.7 Å². The number of allylic oxidation sites excluding steroid dienone is 1. The van der Waals surface area contributed by atoms with Crippen LogP contribution in [0.1, 0.15) is 5.82 Å². The normalized spacial score (nSPS) is 11.9. The highest BCUT2D eigenvalue weighted by Crippen LogP contribution is 2.39. The van der Waals surface area contributed by atoms with E-state index < -0.39 is 12.1 Å². The average Bonchev–Trinajstić information content (AvgIpc) is 2.94. The molecule has 0 saturated carbocycles. The molecular formula is C11H5BrClF3N6O. The number of alkyl halides is 3. The van der Waals surface area contributed by atoms with Gasteiger partial charge in [0.2, 0.25) is 5.82 Å². The Labute approximate surface area is 140 Å². The number of tetrazole rings is 1. The van der Waals surface area contributed by atoms with Crippen LogP contribution in [-0.2, 0) is 0 Å². The number of halogens is 5. The molecule has 1 aromatic carbocycles. The number of rotatable bonds is 4. The quantitative estimate of drug-likeness (QED) is 0.750. The molecule has 23 heavy (non-hydrogen) atoms. The van der Waals surface area contributed by atoms with Crippen LogP contribution in [0.25, 0.3) is 5.57 Å². The molecule has 1 aromatic heterocycles. The smallest absolute Gasteiger partial charge is 0.403 e. The summed E-state index contributed by atoms with van der Waals surface area (Å²) in [5.74, 6) is -0.606. The number of ether oxygens (including phenoxy) is 1. The van der Waals surface area contributed by atoms with Crippen molar-refractivity contribution >= 4 is 38.8 Å². The molecule has 120 valence electrons. The molecule has 0 aliphatic rings. The number of hydrogen-bond donors (Lipinski definition) is 2. The zero-order valence-corrected chi connectivity index (χ0v) is 13.2. The monoisotopic (exact) mass is 408 g/mol. The van der Waals surface area contributed by atoms with Gasteiger partial charge in [0.1, 0.15) is 17.3 Å². The second-order valence-corrected chi connectivity index (χ2v) is 5.18. The minimum Gasteiger partial charge on any atom is -0.403 e. The van der Waals surface area contributed by atoms with Crippen molar-refractivity contribution in [3.63, 3.8) is 0 Å². The first-order chi connectivity index (χ1) is 10.8. The van der Waals surface area contributed by atoms with Gasteiger partial charge in [-0.05, 0) is 17.3 Å². The maximum Gasteiger partial charge on any atom is 0.573 e. The molecule has 1 heterocycles. The van der Waals surface area contributed by atoms with E-state index >= 15 is 0 Å². The fourth-order valence-electron chi connectivity index (χ4n) is 1.46. The molecule has 2 aromatic rings. The summed E-state index contributed by atoms with van der Waals surface area (Å²) in [4.78, 5) is 0. The molecule has 0 unspecified atom stereocenters. The van der Waals surface area contributed by atoms with Crippen LogP contribution in [0.15, 0.2) is 22.8 Å². The predicted octanol–water partition coefficient (Wildman–Crippen LogP) is 3.49. The standard InChI is InChI=1S/C11H5BrClF3N6O/c12-6-1-7(13)9(8(2-6)23-11(14,15)16)18-4-5(3-17)10-19-21-22-20-10/h1-2,4,18H,(H,19,20,21,22). The van der Waals surface area contributed by atoms with Crippen molar-refractivity contribution in [2.75, 3.05) is 5.32 Å². The molecule has 0 fully saturated rings. The first-order valence-electron chi connectivity index (χ1n) is 5.65. The van der Waals surface area contributed by atoms with Crippen molar-refractivity contribution in [1.29, 1.82) is 5.26 Å². The number of aromatic amines is 1. The molecule has 2 N–H and O–H groups in total. The van der Waals surface area contributed by atoms with Crippen molar-refractivity contribution in [2.45, 2.75) is 6.36 Å². The number of nitrogens with one attached hydrogen (secondary N) is 2. The summed E-state index contributed by atoms with van der Waals surface area (Å²) >= 11 is 8.93. The maximum atomic E-state index is 12.5. The topological polar surface area (TPSA) is 99.5 Å².